The van der Waals surface area contributed by atoms with Crippen molar-refractivity contribution < 1.29 is 18.7 Å². The van der Waals surface area contributed by atoms with Crippen LogP contribution in [-0.4, -0.2) is 76.2 Å². The molecule has 1 amide bonds. The fraction of sp³-hybridized carbons (Fsp3) is 0.520. The number of imidazole rings is 1. The Hall–Kier alpha value is -3.51. The van der Waals surface area contributed by atoms with Gasteiger partial charge in [-0.3, -0.25) is 0 Å². The maximum Gasteiger partial charge on any atom is 0.328 e. The van der Waals surface area contributed by atoms with E-state index in [-0.39, 0.29) is 31.7 Å². The number of morpholine rings is 1. The average molecular weight is 511 g/mol. The Morgan fingerprint density at radius 2 is 1.95 bits per heavy atom. The summed E-state index contributed by atoms with van der Waals surface area (Å²) in [6, 6.07) is 5.23. The summed E-state index contributed by atoms with van der Waals surface area (Å²) in [5.41, 5.74) is 3.54. The number of carbonyl (C=O) groups excluding carboxylic acids is 1. The third-order valence-electron chi connectivity index (χ3n) is 7.09. The van der Waals surface area contributed by atoms with Crippen LogP contribution in [0.5, 0.6) is 0 Å². The van der Waals surface area contributed by atoms with E-state index in [0.29, 0.717) is 22.9 Å². The number of rotatable bonds is 2. The molecule has 1 aliphatic carbocycles. The van der Waals surface area contributed by atoms with Gasteiger partial charge in [0.05, 0.1) is 31.0 Å². The Balaban J connectivity index is 1.45. The highest BCUT2D eigenvalue weighted by Gasteiger charge is 2.37. The van der Waals surface area contributed by atoms with Gasteiger partial charge >= 0.3 is 6.03 Å². The molecule has 1 unspecified atom stereocenters. The van der Waals surface area contributed by atoms with E-state index in [1.165, 1.54) is 10.9 Å². The molecule has 4 heterocycles. The highest BCUT2D eigenvalue weighted by molar-refractivity contribution is 5.92. The normalized spacial score (nSPS) is 27.9. The van der Waals surface area contributed by atoms with Crippen molar-refractivity contribution in [3.05, 3.63) is 30.1 Å². The van der Waals surface area contributed by atoms with Gasteiger partial charge in [0.15, 0.2) is 17.0 Å². The number of carbonyl (C=O) groups is 1. The number of amides is 1. The zero-order valence-corrected chi connectivity index (χ0v) is 21.1. The van der Waals surface area contributed by atoms with Gasteiger partial charge in [-0.15, -0.1) is 0 Å². The number of hydrogen-bond donors (Lipinski definition) is 3. The standard InChI is InChI=1S/C25H31FN8O3/c1-13-9-33(10-14(2)37-13)18-5-15-4-17(8-18)29-24-31-22(27-3)21-23(32-24)34(12-28-21)25(35)30-19-6-16(26)7-20(19)36-11-15/h4-5,8,12-14,16,19-20H,6-7,9-11H2,1-3H3,(H,30,35)(H2,27,29,31,32)/t13-,14+,16-,19?,20-/m1/s1. The zero-order valence-electron chi connectivity index (χ0n) is 21.1. The fourth-order valence-corrected chi connectivity index (χ4v) is 5.52. The molecule has 6 rings (SSSR count). The van der Waals surface area contributed by atoms with Crippen LogP contribution in [0, 0.1) is 0 Å². The van der Waals surface area contributed by atoms with E-state index in [1.807, 2.05) is 12.1 Å². The molecule has 3 aliphatic rings. The molecule has 2 aromatic heterocycles. The number of benzene rings is 1. The first-order chi connectivity index (χ1) is 17.9. The molecule has 2 fully saturated rings. The van der Waals surface area contributed by atoms with Gasteiger partial charge in [0.2, 0.25) is 5.95 Å². The monoisotopic (exact) mass is 510 g/mol. The zero-order chi connectivity index (χ0) is 25.7. The summed E-state index contributed by atoms with van der Waals surface area (Å²) in [7, 11) is 1.74. The van der Waals surface area contributed by atoms with E-state index in [9.17, 15) is 9.18 Å². The number of anilines is 4. The Morgan fingerprint density at radius 3 is 2.73 bits per heavy atom. The van der Waals surface area contributed by atoms with Crippen molar-refractivity contribution in [2.24, 2.45) is 0 Å². The first kappa shape index (κ1) is 23.9. The van der Waals surface area contributed by atoms with Crippen molar-refractivity contribution in [3.8, 4) is 0 Å². The minimum atomic E-state index is -1.05. The molecule has 2 aliphatic heterocycles. The molecule has 3 N–H and O–H groups in total. The molecule has 0 spiro atoms. The molecule has 12 heteroatoms. The van der Waals surface area contributed by atoms with E-state index >= 15 is 0 Å². The van der Waals surface area contributed by atoms with Gasteiger partial charge in [-0.25, -0.2) is 18.7 Å². The minimum Gasteiger partial charge on any atom is -0.372 e. The number of halogens is 1. The van der Waals surface area contributed by atoms with Crippen molar-refractivity contribution >= 4 is 40.3 Å². The Kier molecular flexibility index (Phi) is 6.07. The molecule has 196 valence electrons. The largest absolute Gasteiger partial charge is 0.372 e. The number of nitrogens with zero attached hydrogens (tertiary/aromatic N) is 5. The summed E-state index contributed by atoms with van der Waals surface area (Å²) >= 11 is 0. The first-order valence-electron chi connectivity index (χ1n) is 12.7. The van der Waals surface area contributed by atoms with Gasteiger partial charge in [-0.2, -0.15) is 9.97 Å². The van der Waals surface area contributed by atoms with Gasteiger partial charge in [0.1, 0.15) is 12.5 Å². The van der Waals surface area contributed by atoms with Crippen molar-refractivity contribution in [2.45, 2.75) is 63.8 Å². The quantitative estimate of drug-likeness (QED) is 0.478. The minimum absolute atomic E-state index is 0.103. The molecule has 11 nitrogen and oxygen atoms in total. The number of aromatic nitrogens is 4. The molecule has 1 saturated carbocycles. The molecule has 1 saturated heterocycles. The topological polar surface area (TPSA) is 118 Å². The van der Waals surface area contributed by atoms with Crippen LogP contribution in [0.3, 0.4) is 0 Å². The van der Waals surface area contributed by atoms with Crippen molar-refractivity contribution in [3.63, 3.8) is 0 Å². The Labute approximate surface area is 213 Å². The third-order valence-corrected chi connectivity index (χ3v) is 7.09. The maximum atomic E-state index is 14.4. The summed E-state index contributed by atoms with van der Waals surface area (Å²) < 4.78 is 27.9. The molecule has 0 radical (unpaired) electrons. The summed E-state index contributed by atoms with van der Waals surface area (Å²) in [6.45, 7) is 5.95. The Bertz CT molecular complexity index is 1320. The summed E-state index contributed by atoms with van der Waals surface area (Å²) in [4.78, 5) is 29.0. The second-order valence-corrected chi connectivity index (χ2v) is 10.1. The van der Waals surface area contributed by atoms with Gasteiger partial charge in [0.25, 0.3) is 0 Å². The number of nitrogens with one attached hydrogen (secondary N) is 3. The smallest absolute Gasteiger partial charge is 0.328 e. The van der Waals surface area contributed by atoms with Crippen LogP contribution in [0.25, 0.3) is 11.2 Å². The SMILES string of the molecule is CNc1nc2nc3c1ncn3C(=O)NC1C[C@@H](F)C[C@H]1OCc1cc(cc(N3C[C@@H](C)O[C@@H](C)C3)c1)N2. The van der Waals surface area contributed by atoms with Crippen molar-refractivity contribution in [1.82, 2.24) is 24.8 Å². The number of hydrogen-bond acceptors (Lipinski definition) is 9. The summed E-state index contributed by atoms with van der Waals surface area (Å²) in [5, 5.41) is 9.28. The fourth-order valence-electron chi connectivity index (χ4n) is 5.52. The second kappa shape index (κ2) is 9.42. The first-order valence-corrected chi connectivity index (χ1v) is 12.7. The highest BCUT2D eigenvalue weighted by Crippen LogP contribution is 2.31. The van der Waals surface area contributed by atoms with Crippen LogP contribution in [0.1, 0.15) is 32.3 Å². The summed E-state index contributed by atoms with van der Waals surface area (Å²) in [5.74, 6) is 0.808. The Morgan fingerprint density at radius 1 is 1.14 bits per heavy atom. The van der Waals surface area contributed by atoms with E-state index < -0.39 is 24.3 Å². The highest BCUT2D eigenvalue weighted by atomic mass is 19.1. The van der Waals surface area contributed by atoms with E-state index in [4.69, 9.17) is 9.47 Å². The number of ether oxygens (including phenoxy) is 2. The van der Waals surface area contributed by atoms with Crippen LogP contribution in [0.2, 0.25) is 0 Å². The van der Waals surface area contributed by atoms with Crippen LogP contribution in [0.4, 0.5) is 32.3 Å². The van der Waals surface area contributed by atoms with Crippen LogP contribution >= 0.6 is 0 Å². The van der Waals surface area contributed by atoms with Crippen molar-refractivity contribution in [1.29, 1.82) is 0 Å². The average Bonchev–Trinajstić information content (AvgIpc) is 3.44. The number of alkyl halides is 1. The van der Waals surface area contributed by atoms with E-state index in [1.54, 1.807) is 7.05 Å². The summed E-state index contributed by atoms with van der Waals surface area (Å²) in [6.07, 6.45) is 0.547. The molecular formula is C25H31FN8O3. The molecular weight excluding hydrogens is 479 g/mol. The van der Waals surface area contributed by atoms with E-state index in [0.717, 1.165) is 30.0 Å². The third kappa shape index (κ3) is 4.66. The lowest BCUT2D eigenvalue weighted by molar-refractivity contribution is -0.00524. The van der Waals surface area contributed by atoms with Crippen LogP contribution in [0.15, 0.2) is 24.5 Å². The number of fused-ring (bicyclic) bond motifs is 4. The predicted octanol–water partition coefficient (Wildman–Crippen LogP) is 3.18. The lowest BCUT2D eigenvalue weighted by Gasteiger charge is -2.37. The van der Waals surface area contributed by atoms with E-state index in [2.05, 4.69) is 55.7 Å². The van der Waals surface area contributed by atoms with Crippen LogP contribution < -0.4 is 20.9 Å². The van der Waals surface area contributed by atoms with Gasteiger partial charge < -0.3 is 30.3 Å². The van der Waals surface area contributed by atoms with Crippen LogP contribution in [-0.2, 0) is 16.1 Å². The predicted molar refractivity (Wildman–Crippen MR) is 137 cm³/mol. The maximum absolute atomic E-state index is 14.4. The lowest BCUT2D eigenvalue weighted by atomic mass is 10.1. The van der Waals surface area contributed by atoms with Gasteiger partial charge in [-0.05, 0) is 37.6 Å². The molecule has 37 heavy (non-hydrogen) atoms. The van der Waals surface area contributed by atoms with Gasteiger partial charge in [0, 0.05) is 44.4 Å². The molecule has 3 aromatic rings. The molecule has 5 atom stereocenters. The van der Waals surface area contributed by atoms with Crippen molar-refractivity contribution in [2.75, 3.05) is 35.7 Å². The molecule has 1 aromatic carbocycles. The molecule has 4 bridgehead atoms. The lowest BCUT2D eigenvalue weighted by Crippen LogP contribution is -2.45. The van der Waals surface area contributed by atoms with Gasteiger partial charge in [-0.1, -0.05) is 0 Å². The second-order valence-electron chi connectivity index (χ2n) is 10.1.